The van der Waals surface area contributed by atoms with Gasteiger partial charge in [0, 0.05) is 48.5 Å². The van der Waals surface area contributed by atoms with Gasteiger partial charge in [-0.05, 0) is 69.3 Å². The highest BCUT2D eigenvalue weighted by molar-refractivity contribution is 6.32. The number of urea groups is 1. The van der Waals surface area contributed by atoms with Gasteiger partial charge in [0.2, 0.25) is 0 Å². The number of amides is 2. The summed E-state index contributed by atoms with van der Waals surface area (Å²) in [5.41, 5.74) is 4.36. The number of aliphatic hydroxyl groups is 1. The zero-order valence-electron chi connectivity index (χ0n) is 19.0. The average molecular weight is 447 g/mol. The first-order valence-electron chi connectivity index (χ1n) is 11.7. The van der Waals surface area contributed by atoms with Crippen molar-refractivity contribution in [2.75, 3.05) is 26.2 Å². The van der Waals surface area contributed by atoms with Crippen molar-refractivity contribution < 1.29 is 9.90 Å². The lowest BCUT2D eigenvalue weighted by Gasteiger charge is -2.47. The molecule has 1 saturated heterocycles. The number of carbonyl (C=O) groups excluding carboxylic acids is 1. The normalized spacial score (nSPS) is 24.1. The number of nitrogens with zero attached hydrogens (tertiary/aromatic N) is 2. The third kappa shape index (κ3) is 4.06. The van der Waals surface area contributed by atoms with E-state index in [1.807, 2.05) is 24.8 Å². The van der Waals surface area contributed by atoms with Crippen molar-refractivity contribution in [3.63, 3.8) is 0 Å². The molecule has 0 radical (unpaired) electrons. The van der Waals surface area contributed by atoms with E-state index >= 15 is 0 Å². The lowest BCUT2D eigenvalue weighted by atomic mass is 9.73. The van der Waals surface area contributed by atoms with Crippen LogP contribution in [-0.2, 0) is 6.42 Å². The SMILES string of the molecule is CCCN1C[C@@H](NC(=O)N(CC)CC)C[C@@H]2c3cc(C(C)O)cc4[nH]c(Cl)c(c34)C[C@H]21. The summed E-state index contributed by atoms with van der Waals surface area (Å²) >= 11 is 6.63. The monoisotopic (exact) mass is 446 g/mol. The number of halogens is 1. The summed E-state index contributed by atoms with van der Waals surface area (Å²) in [5.74, 6) is 0.294. The van der Waals surface area contributed by atoms with E-state index in [1.165, 1.54) is 16.5 Å². The molecule has 0 bridgehead atoms. The summed E-state index contributed by atoms with van der Waals surface area (Å²) < 4.78 is 0. The van der Waals surface area contributed by atoms with Gasteiger partial charge in [-0.3, -0.25) is 4.90 Å². The largest absolute Gasteiger partial charge is 0.389 e. The number of rotatable bonds is 6. The van der Waals surface area contributed by atoms with Gasteiger partial charge in [-0.2, -0.15) is 0 Å². The number of benzene rings is 1. The Balaban J connectivity index is 1.73. The fraction of sp³-hybridized carbons (Fsp3) is 0.625. The topological polar surface area (TPSA) is 71.6 Å². The first kappa shape index (κ1) is 22.4. The Hall–Kier alpha value is -1.76. The minimum absolute atomic E-state index is 0.0222. The van der Waals surface area contributed by atoms with Crippen LogP contribution in [0.15, 0.2) is 12.1 Å². The molecule has 1 unspecified atom stereocenters. The van der Waals surface area contributed by atoms with Crippen LogP contribution in [0.3, 0.4) is 0 Å². The molecule has 4 rings (SSSR count). The van der Waals surface area contributed by atoms with E-state index in [0.29, 0.717) is 30.2 Å². The van der Waals surface area contributed by atoms with Crippen LogP contribution in [0.2, 0.25) is 5.15 Å². The fourth-order valence-electron chi connectivity index (χ4n) is 5.60. The molecule has 4 atom stereocenters. The van der Waals surface area contributed by atoms with E-state index in [-0.39, 0.29) is 12.1 Å². The standard InChI is InChI=1S/C24H35ClN4O2/c1-5-8-29-13-16(26-24(31)28(6-2)7-3)11-17-18-9-15(14(4)30)10-20-22(18)19(12-21(17)29)23(25)27-20/h9-10,14,16-17,21,27,30H,5-8,11-13H2,1-4H3,(H,26,31)/t14?,16-,17+,21+/m0/s1. The molecule has 1 fully saturated rings. The van der Waals surface area contributed by atoms with Crippen molar-refractivity contribution in [2.45, 2.75) is 71.1 Å². The number of H-pyrrole nitrogens is 1. The van der Waals surface area contributed by atoms with Gasteiger partial charge < -0.3 is 20.3 Å². The van der Waals surface area contributed by atoms with Gasteiger partial charge in [-0.15, -0.1) is 0 Å². The highest BCUT2D eigenvalue weighted by Crippen LogP contribution is 2.46. The quantitative estimate of drug-likeness (QED) is 0.615. The number of aliphatic hydroxyl groups excluding tert-OH is 1. The van der Waals surface area contributed by atoms with Crippen LogP contribution in [0.4, 0.5) is 4.79 Å². The van der Waals surface area contributed by atoms with Crippen LogP contribution in [0.5, 0.6) is 0 Å². The van der Waals surface area contributed by atoms with Gasteiger partial charge in [0.25, 0.3) is 0 Å². The molecular formula is C24H35ClN4O2. The Morgan fingerprint density at radius 1 is 1.35 bits per heavy atom. The molecule has 3 N–H and O–H groups in total. The molecule has 1 aromatic carbocycles. The van der Waals surface area contributed by atoms with Gasteiger partial charge in [0.05, 0.1) is 6.10 Å². The van der Waals surface area contributed by atoms with Crippen LogP contribution in [0, 0.1) is 0 Å². The third-order valence-electron chi connectivity index (χ3n) is 7.11. The highest BCUT2D eigenvalue weighted by Gasteiger charge is 2.42. The second-order valence-corrected chi connectivity index (χ2v) is 9.43. The third-order valence-corrected chi connectivity index (χ3v) is 7.44. The fourth-order valence-corrected chi connectivity index (χ4v) is 5.88. The van der Waals surface area contributed by atoms with E-state index in [1.54, 1.807) is 6.92 Å². The number of aromatic amines is 1. The van der Waals surface area contributed by atoms with Crippen molar-refractivity contribution in [3.8, 4) is 0 Å². The first-order valence-corrected chi connectivity index (χ1v) is 12.1. The number of fused-ring (bicyclic) bond motifs is 2. The van der Waals surface area contributed by atoms with Crippen LogP contribution in [0.1, 0.15) is 69.2 Å². The first-order chi connectivity index (χ1) is 14.9. The number of aromatic nitrogens is 1. The van der Waals surface area contributed by atoms with E-state index in [9.17, 15) is 9.90 Å². The van der Waals surface area contributed by atoms with Crippen molar-refractivity contribution in [2.24, 2.45) is 0 Å². The number of hydrogen-bond donors (Lipinski definition) is 3. The van der Waals surface area contributed by atoms with Crippen LogP contribution >= 0.6 is 11.6 Å². The van der Waals surface area contributed by atoms with E-state index in [0.717, 1.165) is 43.4 Å². The van der Waals surface area contributed by atoms with Gasteiger partial charge in [0.15, 0.2) is 0 Å². The predicted octanol–water partition coefficient (Wildman–Crippen LogP) is 4.42. The summed E-state index contributed by atoms with van der Waals surface area (Å²) in [5, 5.41) is 15.5. The van der Waals surface area contributed by atoms with Crippen molar-refractivity contribution in [1.29, 1.82) is 0 Å². The Labute approximate surface area is 189 Å². The molecule has 1 aliphatic heterocycles. The van der Waals surface area contributed by atoms with Gasteiger partial charge >= 0.3 is 6.03 Å². The molecule has 1 aliphatic carbocycles. The molecule has 2 heterocycles. The summed E-state index contributed by atoms with van der Waals surface area (Å²) in [6.07, 6.45) is 2.34. The number of likely N-dealkylation sites (tertiary alicyclic amines) is 1. The summed E-state index contributed by atoms with van der Waals surface area (Å²) in [4.78, 5) is 20.5. The number of piperidine rings is 1. The van der Waals surface area contributed by atoms with Gasteiger partial charge in [-0.1, -0.05) is 24.6 Å². The minimum Gasteiger partial charge on any atom is -0.389 e. The van der Waals surface area contributed by atoms with E-state index in [2.05, 4.69) is 28.2 Å². The molecule has 2 amide bonds. The molecule has 1 aromatic heterocycles. The maximum atomic E-state index is 12.8. The molecule has 170 valence electrons. The number of hydrogen-bond acceptors (Lipinski definition) is 3. The highest BCUT2D eigenvalue weighted by atomic mass is 35.5. The zero-order chi connectivity index (χ0) is 22.3. The van der Waals surface area contributed by atoms with Crippen LogP contribution in [-0.4, -0.2) is 64.2 Å². The van der Waals surface area contributed by atoms with Crippen molar-refractivity contribution >= 4 is 28.5 Å². The Bertz CT molecular complexity index is 953. The molecule has 0 spiro atoms. The number of carbonyl (C=O) groups is 1. The molecule has 6 nitrogen and oxygen atoms in total. The molecule has 31 heavy (non-hydrogen) atoms. The minimum atomic E-state index is -0.542. The van der Waals surface area contributed by atoms with Crippen molar-refractivity contribution in [3.05, 3.63) is 34.0 Å². The Morgan fingerprint density at radius 3 is 2.74 bits per heavy atom. The van der Waals surface area contributed by atoms with Gasteiger partial charge in [0.1, 0.15) is 5.15 Å². The molecule has 2 aliphatic rings. The molecule has 7 heteroatoms. The Kier molecular flexibility index (Phi) is 6.52. The van der Waals surface area contributed by atoms with Gasteiger partial charge in [-0.25, -0.2) is 4.79 Å². The average Bonchev–Trinajstić information content (AvgIpc) is 3.05. The predicted molar refractivity (Wildman–Crippen MR) is 126 cm³/mol. The molecule has 0 saturated carbocycles. The molecular weight excluding hydrogens is 412 g/mol. The maximum Gasteiger partial charge on any atom is 0.317 e. The maximum absolute atomic E-state index is 12.8. The summed E-state index contributed by atoms with van der Waals surface area (Å²) in [6, 6.07) is 4.66. The zero-order valence-corrected chi connectivity index (χ0v) is 19.8. The lowest BCUT2D eigenvalue weighted by molar-refractivity contribution is 0.0978. The van der Waals surface area contributed by atoms with E-state index < -0.39 is 6.10 Å². The Morgan fingerprint density at radius 2 is 2.10 bits per heavy atom. The van der Waals surface area contributed by atoms with Crippen LogP contribution in [0.25, 0.3) is 10.9 Å². The summed E-state index contributed by atoms with van der Waals surface area (Å²) in [7, 11) is 0. The van der Waals surface area contributed by atoms with Crippen LogP contribution < -0.4 is 5.32 Å². The molecule has 2 aromatic rings. The second-order valence-electron chi connectivity index (χ2n) is 9.05. The second kappa shape index (κ2) is 9.00. The smallest absolute Gasteiger partial charge is 0.317 e. The summed E-state index contributed by atoms with van der Waals surface area (Å²) in [6.45, 7) is 11.3. The van der Waals surface area contributed by atoms with Crippen molar-refractivity contribution in [1.82, 2.24) is 20.1 Å². The van der Waals surface area contributed by atoms with E-state index in [4.69, 9.17) is 11.6 Å². The lowest BCUT2D eigenvalue weighted by Crippen LogP contribution is -2.57. The number of nitrogens with one attached hydrogen (secondary N) is 2.